The maximum absolute atomic E-state index is 11.8. The van der Waals surface area contributed by atoms with Crippen molar-refractivity contribution < 1.29 is 14.3 Å². The molecule has 6 nitrogen and oxygen atoms in total. The molecule has 0 atom stereocenters. The highest BCUT2D eigenvalue weighted by Crippen LogP contribution is 2.18. The first-order valence-corrected chi connectivity index (χ1v) is 7.21. The van der Waals surface area contributed by atoms with Crippen LogP contribution in [0.3, 0.4) is 0 Å². The second-order valence-corrected chi connectivity index (χ2v) is 5.05. The zero-order valence-corrected chi connectivity index (χ0v) is 12.2. The van der Waals surface area contributed by atoms with Gasteiger partial charge in [-0.05, 0) is 19.8 Å². The number of amides is 1. The molecule has 0 saturated heterocycles. The number of ether oxygens (including phenoxy) is 1. The van der Waals surface area contributed by atoms with Crippen LogP contribution in [0.25, 0.3) is 0 Å². The Morgan fingerprint density at radius 2 is 1.95 bits per heavy atom. The minimum absolute atomic E-state index is 0.0163. The summed E-state index contributed by atoms with van der Waals surface area (Å²) in [6, 6.07) is 0. The third-order valence-corrected chi connectivity index (χ3v) is 3.49. The fourth-order valence-electron chi connectivity index (χ4n) is 1.58. The molecule has 106 valence electrons. The molecular weight excluding hydrogens is 266 g/mol. The lowest BCUT2D eigenvalue weighted by atomic mass is 10.0. The molecule has 1 rings (SSSR count). The molecule has 0 fully saturated rings. The molecule has 0 aliphatic rings. The van der Waals surface area contributed by atoms with Gasteiger partial charge in [0.25, 0.3) is 0 Å². The molecular formula is C12H19N3O3S. The monoisotopic (exact) mass is 285 g/mol. The summed E-state index contributed by atoms with van der Waals surface area (Å²) in [4.78, 5) is 23.1. The third kappa shape index (κ3) is 4.94. The molecule has 1 N–H and O–H groups in total. The van der Waals surface area contributed by atoms with Crippen LogP contribution in [0.2, 0.25) is 0 Å². The summed E-state index contributed by atoms with van der Waals surface area (Å²) in [6.07, 6.45) is 1.67. The molecule has 0 aliphatic carbocycles. The summed E-state index contributed by atoms with van der Waals surface area (Å²) in [5.74, 6) is -0.405. The maximum atomic E-state index is 11.8. The Morgan fingerprint density at radius 3 is 2.53 bits per heavy atom. The van der Waals surface area contributed by atoms with Crippen LogP contribution < -0.4 is 5.32 Å². The number of carbonyl (C=O) groups is 2. The smallest absolute Gasteiger partial charge is 0.312 e. The quantitative estimate of drug-likeness (QED) is 0.775. The highest BCUT2D eigenvalue weighted by atomic mass is 32.1. The SMILES string of the molecule is CCOC(=O)Cc1nnc(NC(=O)C(CC)CC)s1. The first-order valence-electron chi connectivity index (χ1n) is 6.39. The van der Waals surface area contributed by atoms with Gasteiger partial charge >= 0.3 is 5.97 Å². The van der Waals surface area contributed by atoms with E-state index in [1.165, 1.54) is 11.3 Å². The Bertz CT molecular complexity index is 430. The number of aromatic nitrogens is 2. The lowest BCUT2D eigenvalue weighted by Gasteiger charge is -2.09. The van der Waals surface area contributed by atoms with E-state index < -0.39 is 0 Å². The Balaban J connectivity index is 2.55. The summed E-state index contributed by atoms with van der Waals surface area (Å²) in [5, 5.41) is 11.4. The zero-order chi connectivity index (χ0) is 14.3. The van der Waals surface area contributed by atoms with Gasteiger partial charge in [0.1, 0.15) is 5.01 Å². The zero-order valence-electron chi connectivity index (χ0n) is 11.4. The highest BCUT2D eigenvalue weighted by molar-refractivity contribution is 7.15. The molecule has 0 spiro atoms. The predicted molar refractivity (Wildman–Crippen MR) is 72.9 cm³/mol. The van der Waals surface area contributed by atoms with Gasteiger partial charge in [-0.15, -0.1) is 10.2 Å². The minimum Gasteiger partial charge on any atom is -0.466 e. The fraction of sp³-hybridized carbons (Fsp3) is 0.667. The van der Waals surface area contributed by atoms with Crippen molar-refractivity contribution in [3.05, 3.63) is 5.01 Å². The van der Waals surface area contributed by atoms with E-state index in [-0.39, 0.29) is 24.2 Å². The Kier molecular flexibility index (Phi) is 6.41. The topological polar surface area (TPSA) is 81.2 Å². The number of carbonyl (C=O) groups excluding carboxylic acids is 2. The van der Waals surface area contributed by atoms with Crippen molar-refractivity contribution in [2.45, 2.75) is 40.0 Å². The van der Waals surface area contributed by atoms with Gasteiger partial charge in [-0.1, -0.05) is 25.2 Å². The molecule has 19 heavy (non-hydrogen) atoms. The molecule has 1 amide bonds. The first kappa shape index (κ1) is 15.6. The normalized spacial score (nSPS) is 10.5. The van der Waals surface area contributed by atoms with Crippen molar-refractivity contribution in [2.24, 2.45) is 5.92 Å². The number of anilines is 1. The highest BCUT2D eigenvalue weighted by Gasteiger charge is 2.17. The van der Waals surface area contributed by atoms with E-state index in [9.17, 15) is 9.59 Å². The Morgan fingerprint density at radius 1 is 1.26 bits per heavy atom. The molecule has 0 bridgehead atoms. The molecule has 0 aromatic carbocycles. The van der Waals surface area contributed by atoms with Crippen LogP contribution in [0.5, 0.6) is 0 Å². The van der Waals surface area contributed by atoms with E-state index in [2.05, 4.69) is 15.5 Å². The molecule has 0 unspecified atom stereocenters. The van der Waals surface area contributed by atoms with E-state index in [0.717, 1.165) is 12.8 Å². The van der Waals surface area contributed by atoms with E-state index in [1.807, 2.05) is 13.8 Å². The van der Waals surface area contributed by atoms with Gasteiger partial charge in [-0.3, -0.25) is 9.59 Å². The van der Waals surface area contributed by atoms with E-state index in [4.69, 9.17) is 4.74 Å². The Labute approximate surface area is 116 Å². The lowest BCUT2D eigenvalue weighted by molar-refractivity contribution is -0.142. The van der Waals surface area contributed by atoms with Crippen LogP contribution >= 0.6 is 11.3 Å². The molecule has 1 heterocycles. The van der Waals surface area contributed by atoms with Crippen LogP contribution in [-0.4, -0.2) is 28.7 Å². The number of nitrogens with one attached hydrogen (secondary N) is 1. The summed E-state index contributed by atoms with van der Waals surface area (Å²) in [5.41, 5.74) is 0. The van der Waals surface area contributed by atoms with Gasteiger partial charge in [-0.25, -0.2) is 0 Å². The number of rotatable bonds is 7. The molecule has 0 saturated carbocycles. The van der Waals surface area contributed by atoms with Crippen LogP contribution in [0.15, 0.2) is 0 Å². The minimum atomic E-state index is -0.337. The van der Waals surface area contributed by atoms with E-state index >= 15 is 0 Å². The van der Waals surface area contributed by atoms with Crippen LogP contribution in [0.4, 0.5) is 5.13 Å². The second kappa shape index (κ2) is 7.83. The van der Waals surface area contributed by atoms with Crippen LogP contribution in [0.1, 0.15) is 38.6 Å². The molecule has 0 aliphatic heterocycles. The number of hydrogen-bond donors (Lipinski definition) is 1. The van der Waals surface area contributed by atoms with Crippen LogP contribution in [-0.2, 0) is 20.7 Å². The average molecular weight is 285 g/mol. The van der Waals surface area contributed by atoms with Gasteiger partial charge in [0, 0.05) is 5.92 Å². The summed E-state index contributed by atoms with van der Waals surface area (Å²) in [6.45, 7) is 6.04. The van der Waals surface area contributed by atoms with Gasteiger partial charge in [-0.2, -0.15) is 0 Å². The number of esters is 1. The van der Waals surface area contributed by atoms with Gasteiger partial charge < -0.3 is 10.1 Å². The predicted octanol–water partition coefficient (Wildman–Crippen LogP) is 2.02. The summed E-state index contributed by atoms with van der Waals surface area (Å²) < 4.78 is 4.82. The maximum Gasteiger partial charge on any atom is 0.312 e. The van der Waals surface area contributed by atoms with E-state index in [1.54, 1.807) is 6.92 Å². The third-order valence-electron chi connectivity index (χ3n) is 2.65. The van der Waals surface area contributed by atoms with Crippen molar-refractivity contribution in [1.29, 1.82) is 0 Å². The largest absolute Gasteiger partial charge is 0.466 e. The van der Waals surface area contributed by atoms with Crippen molar-refractivity contribution in [3.8, 4) is 0 Å². The lowest BCUT2D eigenvalue weighted by Crippen LogP contribution is -2.21. The van der Waals surface area contributed by atoms with Crippen molar-refractivity contribution in [3.63, 3.8) is 0 Å². The molecule has 0 radical (unpaired) electrons. The van der Waals surface area contributed by atoms with Crippen molar-refractivity contribution in [2.75, 3.05) is 11.9 Å². The van der Waals surface area contributed by atoms with Crippen molar-refractivity contribution in [1.82, 2.24) is 10.2 Å². The summed E-state index contributed by atoms with van der Waals surface area (Å²) >= 11 is 1.20. The van der Waals surface area contributed by atoms with Gasteiger partial charge in [0.15, 0.2) is 0 Å². The summed E-state index contributed by atoms with van der Waals surface area (Å²) in [7, 11) is 0. The standard InChI is InChI=1S/C12H19N3O3S/c1-4-8(5-2)11(17)13-12-15-14-9(19-12)7-10(16)18-6-3/h8H,4-7H2,1-3H3,(H,13,15,17). The second-order valence-electron chi connectivity index (χ2n) is 3.99. The van der Waals surface area contributed by atoms with Crippen molar-refractivity contribution >= 4 is 28.3 Å². The van der Waals surface area contributed by atoms with E-state index in [0.29, 0.717) is 16.7 Å². The number of hydrogen-bond acceptors (Lipinski definition) is 6. The molecule has 1 aromatic heterocycles. The first-order chi connectivity index (χ1) is 9.10. The van der Waals surface area contributed by atoms with Crippen LogP contribution in [0, 0.1) is 5.92 Å². The Hall–Kier alpha value is -1.50. The molecule has 7 heteroatoms. The van der Waals surface area contributed by atoms with Gasteiger partial charge in [0.05, 0.1) is 13.0 Å². The molecule has 1 aromatic rings. The fourth-order valence-corrected chi connectivity index (χ4v) is 2.31. The number of nitrogens with zero attached hydrogens (tertiary/aromatic N) is 2. The average Bonchev–Trinajstić information content (AvgIpc) is 2.78. The van der Waals surface area contributed by atoms with Gasteiger partial charge in [0.2, 0.25) is 11.0 Å².